The summed E-state index contributed by atoms with van der Waals surface area (Å²) in [7, 11) is 0. The third-order valence-corrected chi connectivity index (χ3v) is 5.07. The summed E-state index contributed by atoms with van der Waals surface area (Å²) in [6.45, 7) is 5.30. The van der Waals surface area contributed by atoms with Gasteiger partial charge in [-0.1, -0.05) is 58.8 Å². The normalized spacial score (nSPS) is 11.7. The minimum Gasteiger partial charge on any atom is -0.396 e. The lowest BCUT2D eigenvalue weighted by Crippen LogP contribution is -2.47. The zero-order chi connectivity index (χ0) is 22.5. The van der Waals surface area contributed by atoms with E-state index >= 15 is 0 Å². The quantitative estimate of drug-likeness (QED) is 0.224. The molecule has 0 heterocycles. The van der Waals surface area contributed by atoms with E-state index in [9.17, 15) is 14.4 Å². The van der Waals surface area contributed by atoms with Crippen molar-refractivity contribution < 1.29 is 19.5 Å². The third-order valence-electron chi connectivity index (χ3n) is 5.07. The van der Waals surface area contributed by atoms with Crippen molar-refractivity contribution in [3.8, 4) is 0 Å². The molecule has 176 valence electrons. The molecule has 3 amide bonds. The van der Waals surface area contributed by atoms with Gasteiger partial charge >= 0.3 is 0 Å². The van der Waals surface area contributed by atoms with Crippen molar-refractivity contribution in [3.05, 3.63) is 0 Å². The van der Waals surface area contributed by atoms with Crippen molar-refractivity contribution in [2.45, 2.75) is 110 Å². The summed E-state index contributed by atoms with van der Waals surface area (Å²) >= 11 is 0. The molecule has 0 unspecified atom stereocenters. The molecule has 0 aliphatic heterocycles. The van der Waals surface area contributed by atoms with E-state index in [0.29, 0.717) is 25.9 Å². The number of aliphatic hydroxyl groups is 1. The molecular weight excluding hydrogens is 382 g/mol. The van der Waals surface area contributed by atoms with Gasteiger partial charge in [0.2, 0.25) is 17.7 Å². The van der Waals surface area contributed by atoms with Gasteiger partial charge in [0.05, 0.1) is 6.61 Å². The molecule has 30 heavy (non-hydrogen) atoms. The number of hydrogen-bond donors (Lipinski definition) is 4. The molecule has 0 aliphatic carbocycles. The van der Waals surface area contributed by atoms with Gasteiger partial charge in [-0.15, -0.1) is 0 Å². The molecule has 7 heteroatoms. The number of hydrogen-bond acceptors (Lipinski definition) is 4. The van der Waals surface area contributed by atoms with Crippen molar-refractivity contribution in [3.63, 3.8) is 0 Å². The molecule has 0 aromatic rings. The van der Waals surface area contributed by atoms with Crippen molar-refractivity contribution in [2.75, 3.05) is 19.7 Å². The van der Waals surface area contributed by atoms with E-state index in [4.69, 9.17) is 5.11 Å². The maximum atomic E-state index is 12.6. The Kier molecular flexibility index (Phi) is 19.5. The molecule has 7 nitrogen and oxygen atoms in total. The van der Waals surface area contributed by atoms with Gasteiger partial charge in [-0.2, -0.15) is 0 Å². The van der Waals surface area contributed by atoms with E-state index in [1.165, 1.54) is 19.3 Å². The lowest BCUT2D eigenvalue weighted by molar-refractivity contribution is -0.129. The zero-order valence-corrected chi connectivity index (χ0v) is 19.3. The van der Waals surface area contributed by atoms with Crippen LogP contribution in [-0.4, -0.2) is 48.6 Å². The minimum atomic E-state index is -0.521. The second kappa shape index (κ2) is 20.6. The summed E-state index contributed by atoms with van der Waals surface area (Å²) in [4.78, 5) is 36.2. The first-order valence-corrected chi connectivity index (χ1v) is 12.0. The van der Waals surface area contributed by atoms with Crippen LogP contribution in [0.1, 0.15) is 104 Å². The average Bonchev–Trinajstić information content (AvgIpc) is 2.72. The second-order valence-electron chi connectivity index (χ2n) is 7.96. The van der Waals surface area contributed by atoms with Crippen LogP contribution in [0, 0.1) is 0 Å². The van der Waals surface area contributed by atoms with Gasteiger partial charge < -0.3 is 21.1 Å². The van der Waals surface area contributed by atoms with Crippen LogP contribution >= 0.6 is 0 Å². The number of carbonyl (C=O) groups is 3. The van der Waals surface area contributed by atoms with Gasteiger partial charge in [0.15, 0.2) is 0 Å². The van der Waals surface area contributed by atoms with Gasteiger partial charge in [0, 0.05) is 25.9 Å². The van der Waals surface area contributed by atoms with Crippen LogP contribution in [0.3, 0.4) is 0 Å². The van der Waals surface area contributed by atoms with Crippen LogP contribution in [0.4, 0.5) is 0 Å². The third kappa shape index (κ3) is 17.2. The van der Waals surface area contributed by atoms with Gasteiger partial charge in [-0.05, 0) is 32.1 Å². The molecule has 4 N–H and O–H groups in total. The first-order valence-electron chi connectivity index (χ1n) is 12.0. The fourth-order valence-electron chi connectivity index (χ4n) is 3.20. The predicted molar refractivity (Wildman–Crippen MR) is 121 cm³/mol. The Hall–Kier alpha value is -1.63. The van der Waals surface area contributed by atoms with E-state index in [0.717, 1.165) is 51.4 Å². The topological polar surface area (TPSA) is 108 Å². The highest BCUT2D eigenvalue weighted by molar-refractivity contribution is 5.87. The average molecular weight is 428 g/mol. The fraction of sp³-hybridized carbons (Fsp3) is 0.870. The molecule has 0 saturated heterocycles. The predicted octanol–water partition coefficient (Wildman–Crippen LogP) is 3.20. The van der Waals surface area contributed by atoms with Crippen molar-refractivity contribution >= 4 is 17.7 Å². The molecule has 0 aliphatic rings. The molecule has 1 atom stereocenters. The van der Waals surface area contributed by atoms with Crippen molar-refractivity contribution in [1.29, 1.82) is 0 Å². The zero-order valence-electron chi connectivity index (χ0n) is 19.3. The van der Waals surface area contributed by atoms with Crippen molar-refractivity contribution in [1.82, 2.24) is 16.0 Å². The van der Waals surface area contributed by atoms with Gasteiger partial charge in [-0.25, -0.2) is 0 Å². The molecule has 0 aromatic heterocycles. The van der Waals surface area contributed by atoms with Crippen LogP contribution in [-0.2, 0) is 14.4 Å². The minimum absolute atomic E-state index is 0.0644. The standard InChI is InChI=1S/C23H45N3O4/c1-3-5-7-9-12-18-25-23(30)20(26-22(29)15-10-8-6-4-2)14-11-13-17-24-21(28)16-19-27/h20,27H,3-19H2,1-2H3,(H,24,28)(H,25,30)(H,26,29)/t20-/m0/s1. The maximum absolute atomic E-state index is 12.6. The molecule has 0 bridgehead atoms. The van der Waals surface area contributed by atoms with E-state index < -0.39 is 6.04 Å². The van der Waals surface area contributed by atoms with Gasteiger partial charge in [0.25, 0.3) is 0 Å². The summed E-state index contributed by atoms with van der Waals surface area (Å²) in [5.74, 6) is -0.350. The Labute approximate surface area is 183 Å². The summed E-state index contributed by atoms with van der Waals surface area (Å²) in [5, 5.41) is 17.3. The van der Waals surface area contributed by atoms with Gasteiger partial charge in [-0.3, -0.25) is 14.4 Å². The lowest BCUT2D eigenvalue weighted by atomic mass is 10.1. The molecule has 0 rings (SSSR count). The van der Waals surface area contributed by atoms with Crippen LogP contribution in [0.15, 0.2) is 0 Å². The van der Waals surface area contributed by atoms with E-state index in [2.05, 4.69) is 29.8 Å². The largest absolute Gasteiger partial charge is 0.396 e. The number of rotatable bonds is 20. The Morgan fingerprint density at radius 2 is 1.30 bits per heavy atom. The van der Waals surface area contributed by atoms with Crippen LogP contribution in [0.25, 0.3) is 0 Å². The maximum Gasteiger partial charge on any atom is 0.242 e. The van der Waals surface area contributed by atoms with Crippen LogP contribution < -0.4 is 16.0 Å². The molecule has 0 aromatic carbocycles. The Morgan fingerprint density at radius 3 is 1.97 bits per heavy atom. The smallest absolute Gasteiger partial charge is 0.242 e. The number of carbonyl (C=O) groups excluding carboxylic acids is 3. The molecule has 0 fully saturated rings. The first kappa shape index (κ1) is 28.4. The summed E-state index contributed by atoms with van der Waals surface area (Å²) < 4.78 is 0. The van der Waals surface area contributed by atoms with E-state index in [-0.39, 0.29) is 30.7 Å². The lowest BCUT2D eigenvalue weighted by Gasteiger charge is -2.19. The summed E-state index contributed by atoms with van der Waals surface area (Å²) in [6.07, 6.45) is 12.4. The monoisotopic (exact) mass is 427 g/mol. The van der Waals surface area contributed by atoms with Crippen molar-refractivity contribution in [2.24, 2.45) is 0 Å². The number of nitrogens with one attached hydrogen (secondary N) is 3. The Morgan fingerprint density at radius 1 is 0.700 bits per heavy atom. The molecule has 0 spiro atoms. The second-order valence-corrected chi connectivity index (χ2v) is 7.96. The van der Waals surface area contributed by atoms with Gasteiger partial charge in [0.1, 0.15) is 6.04 Å². The van der Waals surface area contributed by atoms with Crippen LogP contribution in [0.5, 0.6) is 0 Å². The van der Waals surface area contributed by atoms with Crippen LogP contribution in [0.2, 0.25) is 0 Å². The number of amides is 3. The number of unbranched alkanes of at least 4 members (excludes halogenated alkanes) is 8. The summed E-state index contributed by atoms with van der Waals surface area (Å²) in [5.41, 5.74) is 0. The van der Waals surface area contributed by atoms with E-state index in [1.807, 2.05) is 0 Å². The Bertz CT molecular complexity index is 458. The SMILES string of the molecule is CCCCCCCNC(=O)[C@H](CCCCNC(=O)CCO)NC(=O)CCCCCC. The fourth-order valence-corrected chi connectivity index (χ4v) is 3.20. The van der Waals surface area contributed by atoms with E-state index in [1.54, 1.807) is 0 Å². The highest BCUT2D eigenvalue weighted by atomic mass is 16.3. The highest BCUT2D eigenvalue weighted by Crippen LogP contribution is 2.06. The highest BCUT2D eigenvalue weighted by Gasteiger charge is 2.19. The summed E-state index contributed by atoms with van der Waals surface area (Å²) in [6, 6.07) is -0.521. The molecule has 0 radical (unpaired) electrons. The first-order chi connectivity index (χ1) is 14.5. The molecular formula is C23H45N3O4. The number of aliphatic hydroxyl groups excluding tert-OH is 1. The molecule has 0 saturated carbocycles. The Balaban J connectivity index is 4.33.